The number of nitrogens with one attached hydrogen (secondary N) is 1. The molecule has 0 radical (unpaired) electrons. The number of rotatable bonds is 3. The topological polar surface area (TPSA) is 50.8 Å². The molecular weight excluding hydrogens is 256 g/mol. The molecule has 1 aromatic carbocycles. The van der Waals surface area contributed by atoms with Crippen molar-refractivity contribution in [2.45, 2.75) is 19.4 Å². The van der Waals surface area contributed by atoms with Gasteiger partial charge in [0.1, 0.15) is 0 Å². The van der Waals surface area contributed by atoms with Crippen molar-refractivity contribution in [2.75, 3.05) is 33.9 Å². The fourth-order valence-corrected chi connectivity index (χ4v) is 2.54. The van der Waals surface area contributed by atoms with Gasteiger partial charge in [-0.1, -0.05) is 6.07 Å². The number of amides is 1. The van der Waals surface area contributed by atoms with E-state index in [0.29, 0.717) is 30.2 Å². The van der Waals surface area contributed by atoms with Crippen LogP contribution in [0.2, 0.25) is 0 Å². The SMILES string of the molecule is COc1cccc(C(=O)N2CCNC(C)(C)C2)c1OC. The smallest absolute Gasteiger partial charge is 0.257 e. The third-order valence-corrected chi connectivity index (χ3v) is 3.49. The van der Waals surface area contributed by atoms with Crippen LogP contribution in [0, 0.1) is 0 Å². The summed E-state index contributed by atoms with van der Waals surface area (Å²) in [4.78, 5) is 14.6. The second-order valence-corrected chi connectivity index (χ2v) is 5.58. The lowest BCUT2D eigenvalue weighted by Gasteiger charge is -2.39. The molecule has 5 nitrogen and oxygen atoms in total. The van der Waals surface area contributed by atoms with Crippen molar-refractivity contribution in [3.8, 4) is 11.5 Å². The van der Waals surface area contributed by atoms with Gasteiger partial charge in [-0.25, -0.2) is 0 Å². The maximum Gasteiger partial charge on any atom is 0.257 e. The number of piperazine rings is 1. The highest BCUT2D eigenvalue weighted by molar-refractivity contribution is 5.98. The van der Waals surface area contributed by atoms with Crippen molar-refractivity contribution in [1.29, 1.82) is 0 Å². The Morgan fingerprint density at radius 1 is 1.30 bits per heavy atom. The molecule has 1 N–H and O–H groups in total. The van der Waals surface area contributed by atoms with E-state index < -0.39 is 0 Å². The van der Waals surface area contributed by atoms with Crippen LogP contribution >= 0.6 is 0 Å². The second-order valence-electron chi connectivity index (χ2n) is 5.58. The van der Waals surface area contributed by atoms with Gasteiger partial charge >= 0.3 is 0 Å². The molecule has 0 bridgehead atoms. The number of carbonyl (C=O) groups excluding carboxylic acids is 1. The van der Waals surface area contributed by atoms with E-state index in [0.717, 1.165) is 6.54 Å². The highest BCUT2D eigenvalue weighted by Gasteiger charge is 2.30. The molecule has 110 valence electrons. The Hall–Kier alpha value is -1.75. The predicted octanol–water partition coefficient (Wildman–Crippen LogP) is 1.53. The summed E-state index contributed by atoms with van der Waals surface area (Å²) < 4.78 is 10.6. The molecule has 1 fully saturated rings. The lowest BCUT2D eigenvalue weighted by atomic mass is 10.0. The van der Waals surface area contributed by atoms with E-state index in [1.807, 2.05) is 11.0 Å². The minimum Gasteiger partial charge on any atom is -0.493 e. The van der Waals surface area contributed by atoms with Gasteiger partial charge in [-0.3, -0.25) is 4.79 Å². The number of hydrogen-bond donors (Lipinski definition) is 1. The number of hydrogen-bond acceptors (Lipinski definition) is 4. The van der Waals surface area contributed by atoms with Crippen LogP contribution in [-0.2, 0) is 0 Å². The van der Waals surface area contributed by atoms with E-state index in [1.165, 1.54) is 0 Å². The van der Waals surface area contributed by atoms with Gasteiger partial charge in [-0.05, 0) is 26.0 Å². The normalized spacial score (nSPS) is 17.7. The molecule has 0 aliphatic carbocycles. The molecule has 1 aromatic rings. The summed E-state index contributed by atoms with van der Waals surface area (Å²) in [5, 5.41) is 3.40. The Kier molecular flexibility index (Phi) is 4.18. The molecule has 5 heteroatoms. The van der Waals surface area contributed by atoms with Crippen LogP contribution in [0.1, 0.15) is 24.2 Å². The number of para-hydroxylation sites is 1. The molecule has 1 heterocycles. The zero-order valence-electron chi connectivity index (χ0n) is 12.5. The quantitative estimate of drug-likeness (QED) is 0.911. The van der Waals surface area contributed by atoms with E-state index in [1.54, 1.807) is 26.4 Å². The van der Waals surface area contributed by atoms with Crippen LogP contribution in [-0.4, -0.2) is 50.2 Å². The Bertz CT molecular complexity index is 500. The Balaban J connectivity index is 2.29. The van der Waals surface area contributed by atoms with Gasteiger partial charge in [0.05, 0.1) is 19.8 Å². The zero-order valence-corrected chi connectivity index (χ0v) is 12.5. The lowest BCUT2D eigenvalue weighted by molar-refractivity contribution is 0.0648. The van der Waals surface area contributed by atoms with Crippen molar-refractivity contribution >= 4 is 5.91 Å². The maximum absolute atomic E-state index is 12.7. The Labute approximate surface area is 119 Å². The zero-order chi connectivity index (χ0) is 14.8. The number of methoxy groups -OCH3 is 2. The van der Waals surface area contributed by atoms with Crippen LogP contribution < -0.4 is 14.8 Å². The minimum atomic E-state index is -0.0694. The van der Waals surface area contributed by atoms with Gasteiger partial charge in [0, 0.05) is 25.2 Å². The van der Waals surface area contributed by atoms with Gasteiger partial charge in [0.2, 0.25) is 0 Å². The van der Waals surface area contributed by atoms with E-state index in [-0.39, 0.29) is 11.4 Å². The highest BCUT2D eigenvalue weighted by Crippen LogP contribution is 2.31. The van der Waals surface area contributed by atoms with Gasteiger partial charge in [-0.2, -0.15) is 0 Å². The molecule has 1 aliphatic rings. The van der Waals surface area contributed by atoms with Crippen molar-refractivity contribution in [3.05, 3.63) is 23.8 Å². The van der Waals surface area contributed by atoms with Crippen molar-refractivity contribution in [3.63, 3.8) is 0 Å². The maximum atomic E-state index is 12.7. The first-order valence-corrected chi connectivity index (χ1v) is 6.74. The summed E-state index contributed by atoms with van der Waals surface area (Å²) in [6, 6.07) is 5.37. The molecule has 0 unspecified atom stereocenters. The summed E-state index contributed by atoms with van der Waals surface area (Å²) in [7, 11) is 3.12. The lowest BCUT2D eigenvalue weighted by Crippen LogP contribution is -2.58. The standard InChI is InChI=1S/C15H22N2O3/c1-15(2)10-17(9-8-16-15)14(18)11-6-5-7-12(19-3)13(11)20-4/h5-7,16H,8-10H2,1-4H3. The van der Waals surface area contributed by atoms with E-state index in [4.69, 9.17) is 9.47 Å². The molecule has 0 spiro atoms. The van der Waals surface area contributed by atoms with E-state index in [2.05, 4.69) is 19.2 Å². The van der Waals surface area contributed by atoms with Crippen LogP contribution in [0.3, 0.4) is 0 Å². The molecule has 20 heavy (non-hydrogen) atoms. The summed E-state index contributed by atoms with van der Waals surface area (Å²) in [6.07, 6.45) is 0. The third-order valence-electron chi connectivity index (χ3n) is 3.49. The average molecular weight is 278 g/mol. The predicted molar refractivity (Wildman–Crippen MR) is 77.5 cm³/mol. The number of nitrogens with zero attached hydrogens (tertiary/aromatic N) is 1. The first kappa shape index (κ1) is 14.7. The van der Waals surface area contributed by atoms with Crippen LogP contribution in [0.4, 0.5) is 0 Å². The molecule has 1 saturated heterocycles. The summed E-state index contributed by atoms with van der Waals surface area (Å²) in [6.45, 7) is 6.35. The fraction of sp³-hybridized carbons (Fsp3) is 0.533. The number of carbonyl (C=O) groups is 1. The Morgan fingerprint density at radius 3 is 2.65 bits per heavy atom. The summed E-state index contributed by atoms with van der Waals surface area (Å²) in [5.41, 5.74) is 0.476. The summed E-state index contributed by atoms with van der Waals surface area (Å²) in [5.74, 6) is 1.06. The number of ether oxygens (including phenoxy) is 2. The number of benzene rings is 1. The van der Waals surface area contributed by atoms with Crippen molar-refractivity contribution in [1.82, 2.24) is 10.2 Å². The molecular formula is C15H22N2O3. The van der Waals surface area contributed by atoms with E-state index in [9.17, 15) is 4.79 Å². The van der Waals surface area contributed by atoms with E-state index >= 15 is 0 Å². The summed E-state index contributed by atoms with van der Waals surface area (Å²) >= 11 is 0. The van der Waals surface area contributed by atoms with Gasteiger partial charge in [0.25, 0.3) is 5.91 Å². The second kappa shape index (κ2) is 5.71. The molecule has 2 rings (SSSR count). The van der Waals surface area contributed by atoms with Crippen molar-refractivity contribution in [2.24, 2.45) is 0 Å². The van der Waals surface area contributed by atoms with Gasteiger partial charge in [0.15, 0.2) is 11.5 Å². The molecule has 0 atom stereocenters. The fourth-order valence-electron chi connectivity index (χ4n) is 2.54. The van der Waals surface area contributed by atoms with Crippen LogP contribution in [0.25, 0.3) is 0 Å². The molecule has 1 amide bonds. The monoisotopic (exact) mass is 278 g/mol. The third kappa shape index (κ3) is 2.88. The van der Waals surface area contributed by atoms with Gasteiger partial charge < -0.3 is 19.7 Å². The van der Waals surface area contributed by atoms with Crippen molar-refractivity contribution < 1.29 is 14.3 Å². The molecule has 1 aliphatic heterocycles. The Morgan fingerprint density at radius 2 is 2.05 bits per heavy atom. The minimum absolute atomic E-state index is 0.0182. The first-order chi connectivity index (χ1) is 9.48. The average Bonchev–Trinajstić information content (AvgIpc) is 2.44. The van der Waals surface area contributed by atoms with Gasteiger partial charge in [-0.15, -0.1) is 0 Å². The van der Waals surface area contributed by atoms with Crippen LogP contribution in [0.5, 0.6) is 11.5 Å². The molecule has 0 saturated carbocycles. The molecule has 0 aromatic heterocycles. The highest BCUT2D eigenvalue weighted by atomic mass is 16.5. The first-order valence-electron chi connectivity index (χ1n) is 6.74. The van der Waals surface area contributed by atoms with Crippen LogP contribution in [0.15, 0.2) is 18.2 Å². The largest absolute Gasteiger partial charge is 0.493 e.